The number of aryl methyl sites for hydroxylation is 1. The van der Waals surface area contributed by atoms with Crippen molar-refractivity contribution in [3.05, 3.63) is 11.9 Å². The number of nitrogens with one attached hydrogen (secondary N) is 1. The molecule has 1 aromatic rings. The minimum atomic E-state index is 0.185. The molecule has 6 heteroatoms. The van der Waals surface area contributed by atoms with Gasteiger partial charge in [0.15, 0.2) is 0 Å². The van der Waals surface area contributed by atoms with Crippen LogP contribution in [-0.2, 0) is 11.3 Å². The van der Waals surface area contributed by atoms with E-state index in [0.29, 0.717) is 0 Å². The van der Waals surface area contributed by atoms with Crippen LogP contribution in [0.25, 0.3) is 0 Å². The molecule has 0 saturated carbocycles. The van der Waals surface area contributed by atoms with Crippen molar-refractivity contribution in [1.29, 1.82) is 0 Å². The Balaban J connectivity index is 2.12. The van der Waals surface area contributed by atoms with Crippen LogP contribution in [0.4, 0.5) is 0 Å². The Hall–Kier alpha value is -0.590. The zero-order valence-corrected chi connectivity index (χ0v) is 11.2. The molecule has 5 nitrogen and oxygen atoms in total. The van der Waals surface area contributed by atoms with Crippen LogP contribution in [0.5, 0.6) is 0 Å². The molecule has 1 fully saturated rings. The molecule has 0 amide bonds. The number of rotatable bonds is 5. The van der Waals surface area contributed by atoms with Gasteiger partial charge in [0, 0.05) is 18.1 Å². The van der Waals surface area contributed by atoms with Crippen LogP contribution in [0.15, 0.2) is 6.20 Å². The first-order valence-corrected chi connectivity index (χ1v) is 7.27. The van der Waals surface area contributed by atoms with Crippen LogP contribution >= 0.6 is 11.8 Å². The van der Waals surface area contributed by atoms with Gasteiger partial charge in [-0.1, -0.05) is 12.1 Å². The fourth-order valence-electron chi connectivity index (χ4n) is 2.11. The first-order valence-electron chi connectivity index (χ1n) is 6.11. The average Bonchev–Trinajstić information content (AvgIpc) is 2.81. The Morgan fingerprint density at radius 2 is 2.59 bits per heavy atom. The standard InChI is InChI=1S/C11H20N4OS/c1-3-4-15-9(7-13-14-15)11(12-2)10-8-17-6-5-16-10/h7,10-12H,3-6,8H2,1-2H3. The van der Waals surface area contributed by atoms with Crippen LogP contribution in [0.2, 0.25) is 0 Å². The first-order chi connectivity index (χ1) is 8.36. The summed E-state index contributed by atoms with van der Waals surface area (Å²) in [5.41, 5.74) is 1.13. The van der Waals surface area contributed by atoms with E-state index < -0.39 is 0 Å². The van der Waals surface area contributed by atoms with Crippen molar-refractivity contribution in [3.63, 3.8) is 0 Å². The summed E-state index contributed by atoms with van der Waals surface area (Å²) in [6, 6.07) is 0.185. The van der Waals surface area contributed by atoms with E-state index in [1.54, 1.807) is 0 Å². The average molecular weight is 256 g/mol. The van der Waals surface area contributed by atoms with E-state index in [-0.39, 0.29) is 12.1 Å². The highest BCUT2D eigenvalue weighted by Crippen LogP contribution is 2.24. The van der Waals surface area contributed by atoms with Crippen LogP contribution < -0.4 is 5.32 Å². The molecule has 1 saturated heterocycles. The van der Waals surface area contributed by atoms with E-state index in [0.717, 1.165) is 36.8 Å². The predicted molar refractivity (Wildman–Crippen MR) is 69.2 cm³/mol. The monoisotopic (exact) mass is 256 g/mol. The van der Waals surface area contributed by atoms with E-state index in [1.807, 2.05) is 29.7 Å². The Morgan fingerprint density at radius 3 is 3.24 bits per heavy atom. The van der Waals surface area contributed by atoms with Crippen molar-refractivity contribution in [3.8, 4) is 0 Å². The summed E-state index contributed by atoms with van der Waals surface area (Å²) in [5, 5.41) is 11.5. The van der Waals surface area contributed by atoms with Crippen LogP contribution in [0.3, 0.4) is 0 Å². The third-order valence-corrected chi connectivity index (χ3v) is 3.95. The maximum Gasteiger partial charge on any atom is 0.0876 e. The Labute approximate surface area is 106 Å². The van der Waals surface area contributed by atoms with Gasteiger partial charge >= 0.3 is 0 Å². The lowest BCUT2D eigenvalue weighted by Crippen LogP contribution is -2.37. The van der Waals surface area contributed by atoms with E-state index in [2.05, 4.69) is 22.6 Å². The van der Waals surface area contributed by atoms with Crippen LogP contribution in [0.1, 0.15) is 25.1 Å². The lowest BCUT2D eigenvalue weighted by atomic mass is 10.1. The summed E-state index contributed by atoms with van der Waals surface area (Å²) in [6.45, 7) is 3.89. The Kier molecular flexibility index (Phi) is 4.82. The molecular formula is C11H20N4OS. The maximum atomic E-state index is 5.84. The molecule has 1 aliphatic rings. The molecule has 1 aromatic heterocycles. The largest absolute Gasteiger partial charge is 0.374 e. The van der Waals surface area contributed by atoms with Crippen molar-refractivity contribution in [2.75, 3.05) is 25.2 Å². The predicted octanol–water partition coefficient (Wildman–Crippen LogP) is 1.08. The number of ether oxygens (including phenoxy) is 1. The maximum absolute atomic E-state index is 5.84. The molecule has 1 aliphatic heterocycles. The van der Waals surface area contributed by atoms with Crippen LogP contribution in [-0.4, -0.2) is 46.3 Å². The van der Waals surface area contributed by atoms with E-state index in [4.69, 9.17) is 4.74 Å². The molecule has 2 unspecified atom stereocenters. The van der Waals surface area contributed by atoms with Crippen molar-refractivity contribution in [1.82, 2.24) is 20.3 Å². The fraction of sp³-hybridized carbons (Fsp3) is 0.818. The molecule has 0 spiro atoms. The summed E-state index contributed by atoms with van der Waals surface area (Å²) in [7, 11) is 1.97. The van der Waals surface area contributed by atoms with Crippen molar-refractivity contribution < 1.29 is 4.74 Å². The zero-order valence-electron chi connectivity index (χ0n) is 10.4. The van der Waals surface area contributed by atoms with Gasteiger partial charge < -0.3 is 10.1 Å². The minimum absolute atomic E-state index is 0.185. The van der Waals surface area contributed by atoms with Crippen LogP contribution in [0, 0.1) is 0 Å². The Bertz CT molecular complexity index is 338. The molecule has 0 radical (unpaired) electrons. The highest BCUT2D eigenvalue weighted by atomic mass is 32.2. The van der Waals surface area contributed by atoms with Gasteiger partial charge in [-0.15, -0.1) is 5.10 Å². The normalized spacial score (nSPS) is 22.6. The summed E-state index contributed by atoms with van der Waals surface area (Å²) in [5.74, 6) is 2.13. The van der Waals surface area contributed by atoms with Gasteiger partial charge in [-0.2, -0.15) is 11.8 Å². The van der Waals surface area contributed by atoms with Gasteiger partial charge in [-0.25, -0.2) is 4.68 Å². The second-order valence-corrected chi connectivity index (χ2v) is 5.28. The van der Waals surface area contributed by atoms with Crippen molar-refractivity contribution >= 4 is 11.8 Å². The van der Waals surface area contributed by atoms with Gasteiger partial charge in [0.1, 0.15) is 0 Å². The summed E-state index contributed by atoms with van der Waals surface area (Å²) in [6.07, 6.45) is 3.12. The SMILES string of the molecule is CCCn1nncc1C(NC)C1CSCCO1. The van der Waals surface area contributed by atoms with Gasteiger partial charge in [0.2, 0.25) is 0 Å². The molecule has 1 N–H and O–H groups in total. The van der Waals surface area contributed by atoms with Gasteiger partial charge in [0.05, 0.1) is 30.6 Å². The quantitative estimate of drug-likeness (QED) is 0.854. The van der Waals surface area contributed by atoms with E-state index >= 15 is 0 Å². The fourth-order valence-corrected chi connectivity index (χ4v) is 3.02. The number of likely N-dealkylation sites (N-methyl/N-ethyl adjacent to an activating group) is 1. The van der Waals surface area contributed by atoms with Crippen molar-refractivity contribution in [2.24, 2.45) is 0 Å². The van der Waals surface area contributed by atoms with Gasteiger partial charge in [-0.05, 0) is 13.5 Å². The molecule has 17 heavy (non-hydrogen) atoms. The molecule has 2 rings (SSSR count). The molecule has 0 bridgehead atoms. The number of aromatic nitrogens is 3. The number of thioether (sulfide) groups is 1. The molecular weight excluding hydrogens is 236 g/mol. The molecule has 0 aromatic carbocycles. The summed E-state index contributed by atoms with van der Waals surface area (Å²) in [4.78, 5) is 0. The van der Waals surface area contributed by atoms with Gasteiger partial charge in [-0.3, -0.25) is 0 Å². The first kappa shape index (κ1) is 12.9. The Morgan fingerprint density at radius 1 is 1.71 bits per heavy atom. The molecule has 96 valence electrons. The zero-order chi connectivity index (χ0) is 12.1. The minimum Gasteiger partial charge on any atom is -0.374 e. The third-order valence-electron chi connectivity index (χ3n) is 2.93. The second-order valence-electron chi connectivity index (χ2n) is 4.13. The topological polar surface area (TPSA) is 52.0 Å². The second kappa shape index (κ2) is 6.37. The van der Waals surface area contributed by atoms with E-state index in [1.165, 1.54) is 0 Å². The third kappa shape index (κ3) is 3.00. The highest BCUT2D eigenvalue weighted by molar-refractivity contribution is 7.99. The number of hydrogen-bond donors (Lipinski definition) is 1. The summed E-state index contributed by atoms with van der Waals surface area (Å²) >= 11 is 1.95. The van der Waals surface area contributed by atoms with E-state index in [9.17, 15) is 0 Å². The van der Waals surface area contributed by atoms with Crippen molar-refractivity contribution in [2.45, 2.75) is 32.0 Å². The number of nitrogens with zero attached hydrogens (tertiary/aromatic N) is 3. The molecule has 0 aliphatic carbocycles. The molecule has 2 atom stereocenters. The number of hydrogen-bond acceptors (Lipinski definition) is 5. The summed E-state index contributed by atoms with van der Waals surface area (Å²) < 4.78 is 7.81. The molecule has 2 heterocycles. The lowest BCUT2D eigenvalue weighted by molar-refractivity contribution is 0.0465. The highest BCUT2D eigenvalue weighted by Gasteiger charge is 2.27. The lowest BCUT2D eigenvalue weighted by Gasteiger charge is -2.29. The van der Waals surface area contributed by atoms with Gasteiger partial charge in [0.25, 0.3) is 0 Å². The smallest absolute Gasteiger partial charge is 0.0876 e.